The average molecular weight is 493 g/mol. The maximum atomic E-state index is 12.7. The molecule has 0 unspecified atom stereocenters. The first-order chi connectivity index (χ1) is 17.5. The van der Waals surface area contributed by atoms with E-state index >= 15 is 0 Å². The number of benzene rings is 1. The summed E-state index contributed by atoms with van der Waals surface area (Å²) in [6.45, 7) is 5.24. The Labute approximate surface area is 210 Å². The molecule has 1 fully saturated rings. The number of fused-ring (bicyclic) bond motifs is 2. The Morgan fingerprint density at radius 1 is 1.00 bits per heavy atom. The van der Waals surface area contributed by atoms with Gasteiger partial charge >= 0.3 is 0 Å². The Morgan fingerprint density at radius 2 is 1.81 bits per heavy atom. The number of nitrogens with zero attached hydrogens (tertiary/aromatic N) is 5. The van der Waals surface area contributed by atoms with Crippen LogP contribution in [-0.4, -0.2) is 91.6 Å². The third kappa shape index (κ3) is 5.06. The number of carbonyl (C=O) groups is 2. The van der Waals surface area contributed by atoms with E-state index in [0.29, 0.717) is 55.3 Å². The smallest absolute Gasteiger partial charge is 0.259 e. The molecule has 1 saturated heterocycles. The molecule has 3 aliphatic heterocycles. The highest BCUT2D eigenvalue weighted by atomic mass is 16.5. The lowest BCUT2D eigenvalue weighted by atomic mass is 10.1. The highest BCUT2D eigenvalue weighted by molar-refractivity contribution is 6.32. The molecule has 4 heterocycles. The highest BCUT2D eigenvalue weighted by Gasteiger charge is 2.29. The second kappa shape index (κ2) is 10.4. The summed E-state index contributed by atoms with van der Waals surface area (Å²) in [5, 5.41) is 9.31. The number of piperazine rings is 1. The van der Waals surface area contributed by atoms with Crippen LogP contribution in [0.4, 0.5) is 23.0 Å². The first-order valence-electron chi connectivity index (χ1n) is 12.3. The van der Waals surface area contributed by atoms with Gasteiger partial charge in [0.2, 0.25) is 5.91 Å². The molecule has 2 aromatic rings. The van der Waals surface area contributed by atoms with E-state index in [9.17, 15) is 9.59 Å². The molecular weight excluding hydrogens is 460 g/mol. The number of anilines is 4. The van der Waals surface area contributed by atoms with Gasteiger partial charge in [-0.05, 0) is 25.6 Å². The summed E-state index contributed by atoms with van der Waals surface area (Å²) in [5.74, 6) is 1.57. The lowest BCUT2D eigenvalue weighted by Gasteiger charge is -2.35. The number of aromatic nitrogens is 2. The van der Waals surface area contributed by atoms with Gasteiger partial charge in [0.05, 0.1) is 23.4 Å². The van der Waals surface area contributed by atoms with Crippen molar-refractivity contribution in [2.24, 2.45) is 0 Å². The Bertz CT molecular complexity index is 1180. The van der Waals surface area contributed by atoms with Crippen molar-refractivity contribution >= 4 is 40.4 Å². The van der Waals surface area contributed by atoms with Crippen LogP contribution in [-0.2, 0) is 9.59 Å². The van der Waals surface area contributed by atoms with Crippen LogP contribution in [0.3, 0.4) is 0 Å². The maximum absolute atomic E-state index is 12.7. The predicted molar refractivity (Wildman–Crippen MR) is 139 cm³/mol. The number of ether oxygens (including phenoxy) is 1. The van der Waals surface area contributed by atoms with E-state index in [1.54, 1.807) is 18.1 Å². The highest BCUT2D eigenvalue weighted by Crippen LogP contribution is 2.36. The molecule has 1 aromatic heterocycles. The van der Waals surface area contributed by atoms with Gasteiger partial charge in [-0.3, -0.25) is 9.59 Å². The summed E-state index contributed by atoms with van der Waals surface area (Å²) in [6.07, 6.45) is 4.12. The first kappa shape index (κ1) is 23.9. The van der Waals surface area contributed by atoms with E-state index < -0.39 is 0 Å². The molecule has 0 radical (unpaired) electrons. The van der Waals surface area contributed by atoms with Crippen molar-refractivity contribution < 1.29 is 14.3 Å². The molecule has 2 bridgehead atoms. The zero-order valence-corrected chi connectivity index (χ0v) is 20.7. The minimum atomic E-state index is -0.253. The number of amides is 2. The molecule has 11 nitrogen and oxygen atoms in total. The Morgan fingerprint density at radius 3 is 2.64 bits per heavy atom. The molecule has 3 aliphatic rings. The van der Waals surface area contributed by atoms with Crippen molar-refractivity contribution in [3.8, 4) is 5.75 Å². The molecule has 11 heteroatoms. The molecule has 36 heavy (non-hydrogen) atoms. The third-order valence-electron chi connectivity index (χ3n) is 6.74. The molecular formula is C25H32N8O3. The van der Waals surface area contributed by atoms with E-state index in [0.717, 1.165) is 43.3 Å². The van der Waals surface area contributed by atoms with Gasteiger partial charge in [-0.2, -0.15) is 0 Å². The van der Waals surface area contributed by atoms with Gasteiger partial charge in [0.25, 0.3) is 5.91 Å². The summed E-state index contributed by atoms with van der Waals surface area (Å²) < 4.78 is 6.21. The third-order valence-corrected chi connectivity index (χ3v) is 6.74. The standard InChI is InChI=1S/C25H32N8O3/c1-31-9-11-33(12-10-31)19-6-5-17-14-20(19)36-13-3-4-21(34)32(2)8-7-26-23-22-18(15-27-17)25(35)30-24(22)29-16-28-23/h5-6,14-16,27H,3-4,7-13H2,1-2H3,(H2,26,28,29,30,35)/b18-15-. The molecule has 2 amide bonds. The van der Waals surface area contributed by atoms with Crippen molar-refractivity contribution in [1.29, 1.82) is 0 Å². The minimum absolute atomic E-state index is 0.0600. The Kier molecular flexibility index (Phi) is 6.90. The van der Waals surface area contributed by atoms with E-state index in [2.05, 4.69) is 42.8 Å². The minimum Gasteiger partial charge on any atom is -0.491 e. The van der Waals surface area contributed by atoms with Crippen molar-refractivity contribution in [3.63, 3.8) is 0 Å². The molecule has 0 atom stereocenters. The molecule has 0 saturated carbocycles. The number of hydrogen-bond acceptors (Lipinski definition) is 9. The van der Waals surface area contributed by atoms with Gasteiger partial charge in [-0.1, -0.05) is 0 Å². The van der Waals surface area contributed by atoms with Crippen molar-refractivity contribution in [3.05, 3.63) is 36.3 Å². The van der Waals surface area contributed by atoms with Gasteiger partial charge in [-0.15, -0.1) is 0 Å². The second-order valence-electron chi connectivity index (χ2n) is 9.27. The number of rotatable bonds is 1. The van der Waals surface area contributed by atoms with Crippen LogP contribution in [0.15, 0.2) is 30.7 Å². The quantitative estimate of drug-likeness (QED) is 0.547. The molecule has 190 valence electrons. The van der Waals surface area contributed by atoms with E-state index in [1.165, 1.54) is 6.33 Å². The molecule has 3 N–H and O–H groups in total. The summed E-state index contributed by atoms with van der Waals surface area (Å²) in [5.41, 5.74) is 2.88. The van der Waals surface area contributed by atoms with Crippen LogP contribution >= 0.6 is 0 Å². The van der Waals surface area contributed by atoms with E-state index in [4.69, 9.17) is 4.74 Å². The van der Waals surface area contributed by atoms with E-state index in [1.807, 2.05) is 18.2 Å². The number of likely N-dealkylation sites (N-methyl/N-ethyl adjacent to an activating group) is 2. The summed E-state index contributed by atoms with van der Waals surface area (Å²) in [6, 6.07) is 5.98. The molecule has 5 rings (SSSR count). The zero-order chi connectivity index (χ0) is 25.1. The fraction of sp³-hybridized carbons (Fsp3) is 0.440. The number of nitrogens with one attached hydrogen (secondary N) is 3. The van der Waals surface area contributed by atoms with Crippen LogP contribution in [0.2, 0.25) is 0 Å². The lowest BCUT2D eigenvalue weighted by molar-refractivity contribution is -0.130. The lowest BCUT2D eigenvalue weighted by Crippen LogP contribution is -2.44. The monoisotopic (exact) mass is 492 g/mol. The van der Waals surface area contributed by atoms with Crippen LogP contribution in [0.5, 0.6) is 5.75 Å². The fourth-order valence-electron chi connectivity index (χ4n) is 4.54. The fourth-order valence-corrected chi connectivity index (χ4v) is 4.54. The molecule has 0 spiro atoms. The molecule has 0 aliphatic carbocycles. The Balaban J connectivity index is 1.47. The van der Waals surface area contributed by atoms with Crippen molar-refractivity contribution in [2.75, 3.05) is 80.8 Å². The predicted octanol–water partition coefficient (Wildman–Crippen LogP) is 1.68. The first-order valence-corrected chi connectivity index (χ1v) is 12.3. The average Bonchev–Trinajstić information content (AvgIpc) is 3.21. The second-order valence-corrected chi connectivity index (χ2v) is 9.27. The van der Waals surface area contributed by atoms with Crippen LogP contribution in [0.25, 0.3) is 5.57 Å². The van der Waals surface area contributed by atoms with Gasteiger partial charge in [0.1, 0.15) is 23.7 Å². The van der Waals surface area contributed by atoms with Gasteiger partial charge in [-0.25, -0.2) is 9.97 Å². The number of carbonyl (C=O) groups excluding carboxylic acids is 2. The largest absolute Gasteiger partial charge is 0.491 e. The van der Waals surface area contributed by atoms with Gasteiger partial charge < -0.3 is 35.4 Å². The maximum Gasteiger partial charge on any atom is 0.259 e. The number of hydrogen-bond donors (Lipinski definition) is 3. The van der Waals surface area contributed by atoms with Crippen LogP contribution in [0, 0.1) is 0 Å². The van der Waals surface area contributed by atoms with Gasteiger partial charge in [0, 0.05) is 70.7 Å². The van der Waals surface area contributed by atoms with E-state index in [-0.39, 0.29) is 11.8 Å². The topological polar surface area (TPSA) is 115 Å². The van der Waals surface area contributed by atoms with Crippen LogP contribution < -0.4 is 25.6 Å². The van der Waals surface area contributed by atoms with Gasteiger partial charge in [0.15, 0.2) is 0 Å². The van der Waals surface area contributed by atoms with Crippen molar-refractivity contribution in [1.82, 2.24) is 19.8 Å². The Hall–Kier alpha value is -3.86. The summed E-state index contributed by atoms with van der Waals surface area (Å²) >= 11 is 0. The molecule has 1 aromatic carbocycles. The normalized spacial score (nSPS) is 20.8. The summed E-state index contributed by atoms with van der Waals surface area (Å²) in [7, 11) is 3.92. The SMILES string of the molecule is CN1CCN(c2ccc3cc2OCCCC(=O)N(C)CCNc2ncnc4c2/C(=C/N3)C(=O)N4)CC1. The van der Waals surface area contributed by atoms with Crippen molar-refractivity contribution in [2.45, 2.75) is 12.8 Å². The summed E-state index contributed by atoms with van der Waals surface area (Å²) in [4.78, 5) is 40.3. The van der Waals surface area contributed by atoms with Crippen LogP contribution in [0.1, 0.15) is 18.4 Å². The zero-order valence-electron chi connectivity index (χ0n) is 20.7.